The zero-order valence-electron chi connectivity index (χ0n) is 55.2. The van der Waals surface area contributed by atoms with Gasteiger partial charge in [0.25, 0.3) is 0 Å². The van der Waals surface area contributed by atoms with Gasteiger partial charge in [0.2, 0.25) is 23.6 Å². The van der Waals surface area contributed by atoms with Gasteiger partial charge in [0.15, 0.2) is 0 Å². The number of esters is 2. The molecule has 0 saturated carbocycles. The molecule has 0 radical (unpaired) electrons. The monoisotopic (exact) mass is 1430 g/mol. The van der Waals surface area contributed by atoms with Gasteiger partial charge in [-0.3, -0.25) is 52.7 Å². The predicted molar refractivity (Wildman–Crippen MR) is 347 cm³/mol. The van der Waals surface area contributed by atoms with E-state index in [2.05, 4.69) is 26.6 Å². The lowest BCUT2D eigenvalue weighted by atomic mass is 9.90. The van der Waals surface area contributed by atoms with Crippen molar-refractivity contribution >= 4 is 108 Å². The average Bonchev–Trinajstić information content (AvgIpc) is 1.66. The highest BCUT2D eigenvalue weighted by Crippen LogP contribution is 2.42. The second-order valence-electron chi connectivity index (χ2n) is 25.7. The van der Waals surface area contributed by atoms with Gasteiger partial charge in [-0.2, -0.15) is 0 Å². The molecule has 0 spiro atoms. The van der Waals surface area contributed by atoms with Crippen LogP contribution in [0.2, 0.25) is 0 Å². The van der Waals surface area contributed by atoms with Gasteiger partial charge in [-0.1, -0.05) is 43.2 Å². The van der Waals surface area contributed by atoms with E-state index in [1.807, 2.05) is 27.7 Å². The molecule has 0 aromatic carbocycles. The zero-order valence-corrected chi connectivity index (χ0v) is 58.5. The molecule has 95 heavy (non-hydrogen) atoms. The Morgan fingerprint density at radius 3 is 1.23 bits per heavy atom. The number of aliphatic hydroxyl groups excluding tert-OH is 6. The molecule has 0 aromatic rings. The van der Waals surface area contributed by atoms with Gasteiger partial charge in [0, 0.05) is 79.4 Å². The van der Waals surface area contributed by atoms with Crippen LogP contribution in [-0.4, -0.2) is 296 Å². The number of nitrogens with one attached hydrogen (secondary N) is 5. The third-order valence-corrected chi connectivity index (χ3v) is 22.7. The molecule has 2 unspecified atom stereocenters. The van der Waals surface area contributed by atoms with Crippen LogP contribution in [-0.2, 0) is 81.2 Å². The Labute approximate surface area is 568 Å². The summed E-state index contributed by atoms with van der Waals surface area (Å²) in [5, 5.41) is 83.8. The molecule has 4 aliphatic rings. The maximum Gasteiger partial charge on any atom is 0.314 e. The maximum absolute atomic E-state index is 13.2. The number of aliphatic hydroxyl groups is 6. The normalized spacial score (nSPS) is 22.9. The Bertz CT molecular complexity index is 2450. The number of ether oxygens (including phenoxy) is 6. The van der Waals surface area contributed by atoms with Crippen molar-refractivity contribution in [1.29, 1.82) is 0 Å². The molecule has 8 amide bonds. The molecule has 0 aromatic heterocycles. The molecule has 4 fully saturated rings. The molecule has 4 aliphatic heterocycles. The summed E-state index contributed by atoms with van der Waals surface area (Å²) in [4.78, 5) is 140. The van der Waals surface area contributed by atoms with Gasteiger partial charge in [0.1, 0.15) is 62.2 Å². The largest absolute Gasteiger partial charge is 0.481 e. The van der Waals surface area contributed by atoms with E-state index in [1.165, 1.54) is 26.5 Å². The van der Waals surface area contributed by atoms with Crippen molar-refractivity contribution in [1.82, 2.24) is 41.3 Å². The summed E-state index contributed by atoms with van der Waals surface area (Å²) in [5.41, 5.74) is -1.95. The van der Waals surface area contributed by atoms with Gasteiger partial charge < -0.3 is 105 Å². The number of carbonyl (C=O) groups is 11. The number of fused-ring (bicyclic) bond motifs is 2. The number of amides is 8. The quantitative estimate of drug-likeness (QED) is 0.0133. The van der Waals surface area contributed by atoms with E-state index in [-0.39, 0.29) is 145 Å². The molecule has 36 heteroatoms. The summed E-state index contributed by atoms with van der Waals surface area (Å²) in [6.45, 7) is 16.3. The second kappa shape index (κ2) is 39.7. The number of rotatable bonds is 46. The molecule has 12 N–H and O–H groups in total. The molecule has 4 rings (SSSR count). The molecular formula is C59H98N8O24S4. The van der Waals surface area contributed by atoms with E-state index in [1.54, 1.807) is 49.3 Å². The van der Waals surface area contributed by atoms with Crippen LogP contribution in [0.4, 0.5) is 0 Å². The second-order valence-corrected chi connectivity index (χ2v) is 31.9. The van der Waals surface area contributed by atoms with E-state index < -0.39 is 133 Å². The zero-order chi connectivity index (χ0) is 70.8. The van der Waals surface area contributed by atoms with Crippen molar-refractivity contribution in [3.05, 3.63) is 0 Å². The van der Waals surface area contributed by atoms with Crippen molar-refractivity contribution in [3.8, 4) is 0 Å². The third kappa shape index (κ3) is 27.1. The highest BCUT2D eigenvalue weighted by molar-refractivity contribution is 8.77. The first kappa shape index (κ1) is 82.6. The number of carbonyl (C=O) groups excluding carboxylic acids is 10. The van der Waals surface area contributed by atoms with Crippen LogP contribution in [0.25, 0.3) is 0 Å². The molecule has 0 bridgehead atoms. The van der Waals surface area contributed by atoms with Crippen molar-refractivity contribution in [2.75, 3.05) is 110 Å². The number of carboxylic acid groups (broad SMARTS) is 1. The molecule has 32 nitrogen and oxygen atoms in total. The van der Waals surface area contributed by atoms with Crippen LogP contribution in [0.1, 0.15) is 113 Å². The fourth-order valence-corrected chi connectivity index (χ4v) is 15.6. The average molecular weight is 1430 g/mol. The number of nitrogens with zero attached hydrogens (tertiary/aromatic N) is 3. The number of piperidine rings is 2. The summed E-state index contributed by atoms with van der Waals surface area (Å²) in [5.74, 6) is -6.40. The van der Waals surface area contributed by atoms with Crippen LogP contribution < -0.4 is 26.6 Å². The summed E-state index contributed by atoms with van der Waals surface area (Å²) in [6, 6.07) is -2.51. The molecule has 4 saturated heterocycles. The molecular weight excluding hydrogens is 1330 g/mol. The Morgan fingerprint density at radius 1 is 0.474 bits per heavy atom. The van der Waals surface area contributed by atoms with Crippen molar-refractivity contribution in [3.63, 3.8) is 0 Å². The Balaban J connectivity index is 1.02. The van der Waals surface area contributed by atoms with Crippen LogP contribution in [0.5, 0.6) is 0 Å². The minimum atomic E-state index is -1.69. The van der Waals surface area contributed by atoms with E-state index >= 15 is 0 Å². The van der Waals surface area contributed by atoms with Gasteiger partial charge in [-0.15, -0.1) is 0 Å². The van der Waals surface area contributed by atoms with Gasteiger partial charge >= 0.3 is 41.5 Å². The number of hydrogen-bond acceptors (Lipinski definition) is 27. The highest BCUT2D eigenvalue weighted by Gasteiger charge is 2.57. The van der Waals surface area contributed by atoms with Crippen LogP contribution in [0.15, 0.2) is 0 Å². The van der Waals surface area contributed by atoms with Crippen LogP contribution in [0.3, 0.4) is 0 Å². The summed E-state index contributed by atoms with van der Waals surface area (Å²) >= 11 is 0. The maximum atomic E-state index is 13.2. The minimum Gasteiger partial charge on any atom is -0.481 e. The van der Waals surface area contributed by atoms with Crippen molar-refractivity contribution in [2.45, 2.75) is 184 Å². The Kier molecular flexibility index (Phi) is 34.5. The van der Waals surface area contributed by atoms with E-state index in [0.717, 1.165) is 9.80 Å². The molecule has 4 heterocycles. The van der Waals surface area contributed by atoms with Crippen LogP contribution in [0, 0.1) is 10.8 Å². The number of hydrogen-bond donors (Lipinski definition) is 12. The lowest BCUT2D eigenvalue weighted by Crippen LogP contribution is -2.68. The predicted octanol–water partition coefficient (Wildman–Crippen LogP) is -2.22. The van der Waals surface area contributed by atoms with E-state index in [0.29, 0.717) is 37.2 Å². The standard InChI is InChI=1S/C59H98N8O24S4/c1-56(2,54(84)90-33-35-42(74)44(76)46(78)48-63-50(80)52(82)66(35)48)16-31-92-94-58(5,6)14-11-38(69)61-19-23-86-27-29-88-25-21-65(40(71)13-18-60-37(68)9-10-41(72)73)22-26-89-30-28-87-24-20-62-39(70)12-15-59(7,8)95-93-32-17-57(3,4)55(85)91-34-36-43(75)45(77)47(79)49-64-51(81)53(83)67(36)49/h35-36,42-49,74-79H,9-34H2,1-8H3,(H,60,68)(H,61,69)(H,62,70)(H,63,80)(H,64,81)(H,72,73)/t35?,36?,42-,43+,44+,45-,46+,47-,48+,49-. The van der Waals surface area contributed by atoms with Gasteiger partial charge in [-0.25, -0.2) is 0 Å². The summed E-state index contributed by atoms with van der Waals surface area (Å²) in [6.07, 6.45) is -10.7. The first-order valence-corrected chi connectivity index (χ1v) is 36.2. The molecule has 542 valence electrons. The Morgan fingerprint density at radius 2 is 0.842 bits per heavy atom. The fraction of sp³-hybridized carbons (Fsp3) is 0.814. The Hall–Kier alpha value is -4.83. The first-order valence-electron chi connectivity index (χ1n) is 31.5. The van der Waals surface area contributed by atoms with E-state index in [4.69, 9.17) is 33.5 Å². The van der Waals surface area contributed by atoms with Crippen LogP contribution >= 0.6 is 43.2 Å². The number of carboxylic acids is 1. The number of aliphatic carboxylic acids is 1. The fourth-order valence-electron chi connectivity index (χ4n) is 9.81. The minimum absolute atomic E-state index is 0.00382. The SMILES string of the molecule is CC(C)(CCC(=O)NCCOCCOCCN(CCOCCOCCNC(=O)CCC(C)(C)SSCCC(C)(C)C(=O)OCC1[C@H](O)[C@@H](O)[C@@H](O)[C@@H]2NC(=O)C(=O)N12)C(=O)CCNC(=O)CCC(=O)O)SSCCC(C)(C)C(=O)OCC1[C@@H](O)[C@H](O)[C@H](O)[C@H]2NC(=O)C(=O)N12. The third-order valence-electron chi connectivity index (χ3n) is 16.0. The summed E-state index contributed by atoms with van der Waals surface area (Å²) in [7, 11) is 6.20. The topological polar surface area (TPSA) is 455 Å². The van der Waals surface area contributed by atoms with Gasteiger partial charge in [0.05, 0.1) is 82.2 Å². The highest BCUT2D eigenvalue weighted by atomic mass is 33.1. The van der Waals surface area contributed by atoms with Crippen molar-refractivity contribution < 1.29 is 117 Å². The lowest BCUT2D eigenvalue weighted by Gasteiger charge is -2.44. The van der Waals surface area contributed by atoms with E-state index in [9.17, 15) is 83.4 Å². The molecule has 0 aliphatic carbocycles. The first-order chi connectivity index (χ1) is 44.6. The molecule has 10 atom stereocenters. The van der Waals surface area contributed by atoms with Crippen molar-refractivity contribution in [2.24, 2.45) is 10.8 Å². The summed E-state index contributed by atoms with van der Waals surface area (Å²) < 4.78 is 33.0. The lowest BCUT2D eigenvalue weighted by molar-refractivity contribution is -0.184. The van der Waals surface area contributed by atoms with Gasteiger partial charge in [-0.05, 0) is 81.1 Å². The smallest absolute Gasteiger partial charge is 0.314 e.